The molecule has 1 saturated heterocycles. The molecule has 0 radical (unpaired) electrons. The summed E-state index contributed by atoms with van der Waals surface area (Å²) in [7, 11) is 0. The molecule has 0 amide bonds. The van der Waals surface area contributed by atoms with E-state index in [2.05, 4.69) is 18.8 Å². The Labute approximate surface area is 142 Å². The molecule has 0 aromatic heterocycles. The lowest BCUT2D eigenvalue weighted by molar-refractivity contribution is 0.0674. The molecule has 0 unspecified atom stereocenters. The highest BCUT2D eigenvalue weighted by molar-refractivity contribution is 14.0. The molecule has 2 N–H and O–H groups in total. The van der Waals surface area contributed by atoms with E-state index in [1.807, 2.05) is 4.90 Å². The van der Waals surface area contributed by atoms with Crippen LogP contribution in [0.1, 0.15) is 19.4 Å². The minimum Gasteiger partial charge on any atom is -0.378 e. The van der Waals surface area contributed by atoms with Crippen molar-refractivity contribution in [2.75, 3.05) is 32.8 Å². The second-order valence-corrected chi connectivity index (χ2v) is 5.66. The molecule has 1 aliphatic rings. The van der Waals surface area contributed by atoms with Gasteiger partial charge in [-0.15, -0.1) is 24.0 Å². The summed E-state index contributed by atoms with van der Waals surface area (Å²) >= 11 is 0. The first-order valence-corrected chi connectivity index (χ1v) is 6.88. The fourth-order valence-corrected chi connectivity index (χ4v) is 2.16. The molecule has 2 rings (SSSR count). The van der Waals surface area contributed by atoms with Crippen molar-refractivity contribution in [2.45, 2.75) is 19.3 Å². The number of morpholine rings is 1. The molecule has 0 aliphatic carbocycles. The standard InChI is InChI=1S/C15H22FN3O.HI/c1-15(2,12-3-5-13(16)6-4-12)11-18-14(17)19-7-9-20-10-8-19;/h3-6H,7-11H2,1-2H3,(H2,17,18);1H. The van der Waals surface area contributed by atoms with E-state index in [9.17, 15) is 4.39 Å². The van der Waals surface area contributed by atoms with E-state index in [0.717, 1.165) is 18.7 Å². The first-order valence-electron chi connectivity index (χ1n) is 6.88. The van der Waals surface area contributed by atoms with Crippen molar-refractivity contribution >= 4 is 29.9 Å². The zero-order chi connectivity index (χ0) is 14.6. The van der Waals surface area contributed by atoms with Crippen molar-refractivity contribution < 1.29 is 9.13 Å². The summed E-state index contributed by atoms with van der Waals surface area (Å²) < 4.78 is 18.3. The van der Waals surface area contributed by atoms with Gasteiger partial charge in [0.05, 0.1) is 19.8 Å². The number of ether oxygens (including phenoxy) is 1. The van der Waals surface area contributed by atoms with E-state index in [1.54, 1.807) is 12.1 Å². The van der Waals surface area contributed by atoms with Gasteiger partial charge in [-0.25, -0.2) is 4.39 Å². The van der Waals surface area contributed by atoms with Gasteiger partial charge >= 0.3 is 0 Å². The summed E-state index contributed by atoms with van der Waals surface area (Å²) in [5.74, 6) is 0.337. The predicted molar refractivity (Wildman–Crippen MR) is 93.7 cm³/mol. The molecule has 0 saturated carbocycles. The summed E-state index contributed by atoms with van der Waals surface area (Å²) in [6, 6.07) is 6.56. The Morgan fingerprint density at radius 3 is 2.43 bits per heavy atom. The number of benzene rings is 1. The number of hydrogen-bond acceptors (Lipinski definition) is 2. The van der Waals surface area contributed by atoms with Crippen LogP contribution in [0.25, 0.3) is 0 Å². The molecule has 1 aromatic carbocycles. The van der Waals surface area contributed by atoms with Gasteiger partial charge in [-0.05, 0) is 17.7 Å². The number of aliphatic imine (C=N–C) groups is 1. The fraction of sp³-hybridized carbons (Fsp3) is 0.533. The molecule has 1 aliphatic heterocycles. The molecule has 1 fully saturated rings. The summed E-state index contributed by atoms with van der Waals surface area (Å²) in [4.78, 5) is 6.52. The molecule has 1 aromatic rings. The second kappa shape index (κ2) is 7.93. The van der Waals surface area contributed by atoms with Crippen LogP contribution in [0.2, 0.25) is 0 Å². The topological polar surface area (TPSA) is 50.8 Å². The Hall–Kier alpha value is -0.890. The van der Waals surface area contributed by atoms with Gasteiger partial charge in [0.25, 0.3) is 0 Å². The van der Waals surface area contributed by atoms with Crippen LogP contribution in [-0.2, 0) is 10.2 Å². The highest BCUT2D eigenvalue weighted by Crippen LogP contribution is 2.23. The number of rotatable bonds is 3. The maximum Gasteiger partial charge on any atom is 0.191 e. The monoisotopic (exact) mass is 407 g/mol. The second-order valence-electron chi connectivity index (χ2n) is 5.66. The predicted octanol–water partition coefficient (Wildman–Crippen LogP) is 2.37. The molecule has 0 bridgehead atoms. The summed E-state index contributed by atoms with van der Waals surface area (Å²) in [5.41, 5.74) is 6.90. The van der Waals surface area contributed by atoms with Gasteiger partial charge in [-0.3, -0.25) is 4.99 Å². The van der Waals surface area contributed by atoms with Crippen LogP contribution in [0.3, 0.4) is 0 Å². The molecule has 0 atom stereocenters. The summed E-state index contributed by atoms with van der Waals surface area (Å²) in [5, 5.41) is 0. The van der Waals surface area contributed by atoms with E-state index in [0.29, 0.717) is 25.7 Å². The lowest BCUT2D eigenvalue weighted by Crippen LogP contribution is -2.45. The van der Waals surface area contributed by atoms with Crippen molar-refractivity contribution in [3.05, 3.63) is 35.6 Å². The van der Waals surface area contributed by atoms with Crippen LogP contribution < -0.4 is 5.73 Å². The molecular weight excluding hydrogens is 384 g/mol. The van der Waals surface area contributed by atoms with Crippen LogP contribution in [0.4, 0.5) is 4.39 Å². The third-order valence-corrected chi connectivity index (χ3v) is 3.60. The molecule has 1 heterocycles. The Kier molecular flexibility index (Phi) is 6.86. The third-order valence-electron chi connectivity index (χ3n) is 3.60. The maximum absolute atomic E-state index is 13.0. The van der Waals surface area contributed by atoms with Crippen molar-refractivity contribution in [2.24, 2.45) is 10.7 Å². The highest BCUT2D eigenvalue weighted by Gasteiger charge is 2.21. The SMILES string of the molecule is CC(C)(CN=C(N)N1CCOCC1)c1ccc(F)cc1.I. The fourth-order valence-electron chi connectivity index (χ4n) is 2.16. The van der Waals surface area contributed by atoms with Crippen LogP contribution >= 0.6 is 24.0 Å². The van der Waals surface area contributed by atoms with E-state index in [-0.39, 0.29) is 35.2 Å². The van der Waals surface area contributed by atoms with E-state index >= 15 is 0 Å². The number of hydrogen-bond donors (Lipinski definition) is 1. The van der Waals surface area contributed by atoms with Gasteiger partial charge in [0.1, 0.15) is 5.82 Å². The van der Waals surface area contributed by atoms with Crippen molar-refractivity contribution in [1.29, 1.82) is 0 Å². The van der Waals surface area contributed by atoms with E-state index < -0.39 is 0 Å². The molecule has 118 valence electrons. The van der Waals surface area contributed by atoms with Crippen LogP contribution in [0, 0.1) is 5.82 Å². The van der Waals surface area contributed by atoms with E-state index in [1.165, 1.54) is 12.1 Å². The molecule has 4 nitrogen and oxygen atoms in total. The largest absolute Gasteiger partial charge is 0.378 e. The van der Waals surface area contributed by atoms with E-state index in [4.69, 9.17) is 10.5 Å². The van der Waals surface area contributed by atoms with Gasteiger partial charge < -0.3 is 15.4 Å². The van der Waals surface area contributed by atoms with Crippen molar-refractivity contribution in [3.63, 3.8) is 0 Å². The average Bonchev–Trinajstić information content (AvgIpc) is 2.46. The molecule has 6 heteroatoms. The Morgan fingerprint density at radius 2 is 1.86 bits per heavy atom. The van der Waals surface area contributed by atoms with Crippen molar-refractivity contribution in [3.8, 4) is 0 Å². The normalized spacial score (nSPS) is 16.5. The zero-order valence-electron chi connectivity index (χ0n) is 12.5. The van der Waals surface area contributed by atoms with Gasteiger partial charge in [-0.2, -0.15) is 0 Å². The number of guanidine groups is 1. The highest BCUT2D eigenvalue weighted by atomic mass is 127. The molecular formula is C15H23FIN3O. The number of nitrogens with two attached hydrogens (primary N) is 1. The Bertz CT molecular complexity index is 470. The summed E-state index contributed by atoms with van der Waals surface area (Å²) in [6.45, 7) is 7.68. The van der Waals surface area contributed by atoms with Crippen LogP contribution in [0.5, 0.6) is 0 Å². The minimum absolute atomic E-state index is 0. The third kappa shape index (κ3) is 5.10. The van der Waals surface area contributed by atoms with Crippen LogP contribution in [0.15, 0.2) is 29.3 Å². The Morgan fingerprint density at radius 1 is 1.29 bits per heavy atom. The average molecular weight is 407 g/mol. The molecule has 21 heavy (non-hydrogen) atoms. The maximum atomic E-state index is 13.0. The Balaban J connectivity index is 0.00000220. The summed E-state index contributed by atoms with van der Waals surface area (Å²) in [6.07, 6.45) is 0. The lowest BCUT2D eigenvalue weighted by Gasteiger charge is -2.29. The van der Waals surface area contributed by atoms with Gasteiger partial charge in [0.2, 0.25) is 0 Å². The smallest absolute Gasteiger partial charge is 0.191 e. The zero-order valence-corrected chi connectivity index (χ0v) is 14.8. The van der Waals surface area contributed by atoms with Crippen molar-refractivity contribution in [1.82, 2.24) is 4.90 Å². The minimum atomic E-state index is -0.221. The quantitative estimate of drug-likeness (QED) is 0.476. The number of nitrogens with zero attached hydrogens (tertiary/aromatic N) is 2. The van der Waals surface area contributed by atoms with Gasteiger partial charge in [0, 0.05) is 18.5 Å². The van der Waals surface area contributed by atoms with Crippen LogP contribution in [-0.4, -0.2) is 43.7 Å². The lowest BCUT2D eigenvalue weighted by atomic mass is 9.85. The van der Waals surface area contributed by atoms with Gasteiger partial charge in [-0.1, -0.05) is 26.0 Å². The first kappa shape index (κ1) is 18.2. The molecule has 0 spiro atoms. The number of halogens is 2. The van der Waals surface area contributed by atoms with Gasteiger partial charge in [0.15, 0.2) is 5.96 Å². The first-order chi connectivity index (χ1) is 9.49.